The second-order valence-corrected chi connectivity index (χ2v) is 10.1. The molecule has 0 amide bonds. The molecule has 0 nitrogen and oxygen atoms in total. The Morgan fingerprint density at radius 1 is 0.710 bits per heavy atom. The maximum Gasteiger partial charge on any atom is 0.194 e. The molecule has 1 aromatic rings. The SMILES string of the molecule is CCC=CCCCCC1CCC(CCC2CCC(c3cc(F)c(F)c(F)c3)CC2)CC1. The minimum Gasteiger partial charge on any atom is -0.204 e. The van der Waals surface area contributed by atoms with Crippen molar-refractivity contribution in [3.05, 3.63) is 47.3 Å². The second kappa shape index (κ2) is 12.7. The standard InChI is InChI=1S/C28H41F3/c1-2-3-4-5-6-7-8-21-9-11-22(12-10-21)13-14-23-15-17-24(18-16-23)25-19-26(29)28(31)27(30)20-25/h3-4,19-24H,2,5-18H2,1H3. The van der Waals surface area contributed by atoms with Crippen molar-refractivity contribution in [1.29, 1.82) is 0 Å². The van der Waals surface area contributed by atoms with Gasteiger partial charge in [-0.1, -0.05) is 70.4 Å². The predicted molar refractivity (Wildman–Crippen MR) is 124 cm³/mol. The molecule has 3 heteroatoms. The number of unbranched alkanes of at least 4 members (excludes halogenated alkanes) is 2. The number of hydrogen-bond acceptors (Lipinski definition) is 0. The van der Waals surface area contributed by atoms with Gasteiger partial charge in [-0.15, -0.1) is 0 Å². The minimum atomic E-state index is -1.35. The molecule has 2 fully saturated rings. The Morgan fingerprint density at radius 3 is 1.77 bits per heavy atom. The van der Waals surface area contributed by atoms with E-state index in [4.69, 9.17) is 0 Å². The lowest BCUT2D eigenvalue weighted by Crippen LogP contribution is -2.18. The first-order valence-corrected chi connectivity index (χ1v) is 12.9. The normalized spacial score (nSPS) is 27.1. The summed E-state index contributed by atoms with van der Waals surface area (Å²) in [6, 6.07) is 2.40. The summed E-state index contributed by atoms with van der Waals surface area (Å²) in [6.45, 7) is 2.19. The summed E-state index contributed by atoms with van der Waals surface area (Å²) in [5, 5.41) is 0. The molecular weight excluding hydrogens is 393 g/mol. The highest BCUT2D eigenvalue weighted by Gasteiger charge is 2.26. The zero-order chi connectivity index (χ0) is 22.1. The van der Waals surface area contributed by atoms with Gasteiger partial charge in [0.05, 0.1) is 0 Å². The first-order chi connectivity index (χ1) is 15.1. The Labute approximate surface area is 187 Å². The van der Waals surface area contributed by atoms with Crippen LogP contribution in [0.25, 0.3) is 0 Å². The highest BCUT2D eigenvalue weighted by molar-refractivity contribution is 5.23. The molecule has 0 heterocycles. The van der Waals surface area contributed by atoms with Crippen molar-refractivity contribution in [2.45, 2.75) is 109 Å². The van der Waals surface area contributed by atoms with Crippen molar-refractivity contribution in [3.8, 4) is 0 Å². The van der Waals surface area contributed by atoms with Crippen LogP contribution >= 0.6 is 0 Å². The van der Waals surface area contributed by atoms with Crippen LogP contribution in [0.5, 0.6) is 0 Å². The summed E-state index contributed by atoms with van der Waals surface area (Å²) in [7, 11) is 0. The van der Waals surface area contributed by atoms with Crippen LogP contribution in [0, 0.1) is 35.2 Å². The van der Waals surface area contributed by atoms with Crippen molar-refractivity contribution in [2.24, 2.45) is 17.8 Å². The Morgan fingerprint density at radius 2 is 1.23 bits per heavy atom. The zero-order valence-corrected chi connectivity index (χ0v) is 19.4. The van der Waals surface area contributed by atoms with E-state index in [1.807, 2.05) is 0 Å². The highest BCUT2D eigenvalue weighted by Crippen LogP contribution is 2.40. The molecule has 2 aliphatic carbocycles. The average Bonchev–Trinajstić information content (AvgIpc) is 2.79. The van der Waals surface area contributed by atoms with E-state index in [0.717, 1.165) is 49.9 Å². The van der Waals surface area contributed by atoms with Crippen LogP contribution in [-0.4, -0.2) is 0 Å². The summed E-state index contributed by atoms with van der Waals surface area (Å²) in [5.74, 6) is -0.674. The molecule has 0 unspecified atom stereocenters. The Balaban J connectivity index is 1.29. The topological polar surface area (TPSA) is 0 Å². The number of hydrogen-bond donors (Lipinski definition) is 0. The molecule has 0 radical (unpaired) electrons. The molecule has 174 valence electrons. The summed E-state index contributed by atoms with van der Waals surface area (Å²) in [6.07, 6.45) is 23.7. The van der Waals surface area contributed by atoms with Crippen molar-refractivity contribution >= 4 is 0 Å². The van der Waals surface area contributed by atoms with Gasteiger partial charge in [0.25, 0.3) is 0 Å². The van der Waals surface area contributed by atoms with Gasteiger partial charge in [0, 0.05) is 0 Å². The van der Waals surface area contributed by atoms with Gasteiger partial charge in [-0.05, 0) is 86.3 Å². The first kappa shape index (κ1) is 24.4. The summed E-state index contributed by atoms with van der Waals surface area (Å²) >= 11 is 0. The summed E-state index contributed by atoms with van der Waals surface area (Å²) in [5.41, 5.74) is 0.634. The molecule has 0 saturated heterocycles. The lowest BCUT2D eigenvalue weighted by molar-refractivity contribution is 0.222. The molecule has 0 bridgehead atoms. The van der Waals surface area contributed by atoms with Crippen molar-refractivity contribution < 1.29 is 13.2 Å². The number of allylic oxidation sites excluding steroid dienone is 2. The third-order valence-corrected chi connectivity index (χ3v) is 7.91. The summed E-state index contributed by atoms with van der Waals surface area (Å²) < 4.78 is 40.3. The van der Waals surface area contributed by atoms with E-state index in [1.54, 1.807) is 0 Å². The van der Waals surface area contributed by atoms with E-state index in [0.29, 0.717) is 5.56 Å². The molecule has 0 aromatic heterocycles. The van der Waals surface area contributed by atoms with E-state index >= 15 is 0 Å². The van der Waals surface area contributed by atoms with Gasteiger partial charge in [-0.3, -0.25) is 0 Å². The van der Waals surface area contributed by atoms with Crippen LogP contribution in [0.3, 0.4) is 0 Å². The summed E-state index contributed by atoms with van der Waals surface area (Å²) in [4.78, 5) is 0. The molecule has 2 saturated carbocycles. The zero-order valence-electron chi connectivity index (χ0n) is 19.4. The van der Waals surface area contributed by atoms with Crippen molar-refractivity contribution in [2.75, 3.05) is 0 Å². The molecule has 0 spiro atoms. The first-order valence-electron chi connectivity index (χ1n) is 12.9. The number of rotatable bonds is 10. The van der Waals surface area contributed by atoms with E-state index in [-0.39, 0.29) is 5.92 Å². The smallest absolute Gasteiger partial charge is 0.194 e. The van der Waals surface area contributed by atoms with Crippen molar-refractivity contribution in [1.82, 2.24) is 0 Å². The maximum absolute atomic E-state index is 13.5. The van der Waals surface area contributed by atoms with Gasteiger partial charge in [-0.25, -0.2) is 13.2 Å². The van der Waals surface area contributed by atoms with Gasteiger partial charge >= 0.3 is 0 Å². The molecule has 1 aromatic carbocycles. The molecule has 3 rings (SSSR count). The highest BCUT2D eigenvalue weighted by atomic mass is 19.2. The lowest BCUT2D eigenvalue weighted by atomic mass is 9.74. The second-order valence-electron chi connectivity index (χ2n) is 10.1. The molecule has 2 aliphatic rings. The van der Waals surface area contributed by atoms with E-state index in [2.05, 4.69) is 19.1 Å². The van der Waals surface area contributed by atoms with E-state index in [1.165, 1.54) is 76.3 Å². The predicted octanol–water partition coefficient (Wildman–Crippen LogP) is 9.49. The fourth-order valence-corrected chi connectivity index (χ4v) is 5.86. The minimum absolute atomic E-state index is 0.175. The van der Waals surface area contributed by atoms with Crippen LogP contribution < -0.4 is 0 Å². The Hall–Kier alpha value is -1.25. The maximum atomic E-state index is 13.5. The third kappa shape index (κ3) is 7.68. The van der Waals surface area contributed by atoms with Gasteiger partial charge in [-0.2, -0.15) is 0 Å². The number of benzene rings is 1. The van der Waals surface area contributed by atoms with Crippen LogP contribution in [0.4, 0.5) is 13.2 Å². The largest absolute Gasteiger partial charge is 0.204 e. The van der Waals surface area contributed by atoms with Crippen molar-refractivity contribution in [3.63, 3.8) is 0 Å². The monoisotopic (exact) mass is 434 g/mol. The Kier molecular flexibility index (Phi) is 9.99. The number of halogens is 3. The molecule has 0 N–H and O–H groups in total. The molecular formula is C28H41F3. The van der Waals surface area contributed by atoms with Crippen LogP contribution in [0.2, 0.25) is 0 Å². The molecule has 0 aliphatic heterocycles. The Bertz CT molecular complexity index is 656. The van der Waals surface area contributed by atoms with Gasteiger partial charge < -0.3 is 0 Å². The van der Waals surface area contributed by atoms with Gasteiger partial charge in [0.2, 0.25) is 0 Å². The average molecular weight is 435 g/mol. The van der Waals surface area contributed by atoms with Gasteiger partial charge in [0.15, 0.2) is 17.5 Å². The van der Waals surface area contributed by atoms with Crippen LogP contribution in [-0.2, 0) is 0 Å². The van der Waals surface area contributed by atoms with Crippen LogP contribution in [0.1, 0.15) is 115 Å². The van der Waals surface area contributed by atoms with E-state index < -0.39 is 17.5 Å². The molecule has 31 heavy (non-hydrogen) atoms. The fraction of sp³-hybridized carbons (Fsp3) is 0.714. The van der Waals surface area contributed by atoms with E-state index in [9.17, 15) is 13.2 Å². The quantitative estimate of drug-likeness (QED) is 0.195. The van der Waals surface area contributed by atoms with Crippen LogP contribution in [0.15, 0.2) is 24.3 Å². The lowest BCUT2D eigenvalue weighted by Gasteiger charge is -2.32. The third-order valence-electron chi connectivity index (χ3n) is 7.91. The fourth-order valence-electron chi connectivity index (χ4n) is 5.86. The van der Waals surface area contributed by atoms with Gasteiger partial charge in [0.1, 0.15) is 0 Å². The molecule has 0 atom stereocenters.